The number of carbonyl (C=O) groups excluding carboxylic acids is 2. The number of pyridine rings is 1. The number of fused-ring (bicyclic) bond motifs is 4. The van der Waals surface area contributed by atoms with E-state index < -0.39 is 17.4 Å². The number of ether oxygens (including phenoxy) is 1. The molecule has 2 fully saturated rings. The summed E-state index contributed by atoms with van der Waals surface area (Å²) in [6.45, 7) is 2.86. The van der Waals surface area contributed by atoms with Gasteiger partial charge in [-0.05, 0) is 30.0 Å². The molecule has 1 aromatic carbocycles. The lowest BCUT2D eigenvalue weighted by Crippen LogP contribution is -2.45. The summed E-state index contributed by atoms with van der Waals surface area (Å²) in [5, 5.41) is 8.35. The largest absolute Gasteiger partial charge is 0.360 e. The average molecular weight is 433 g/mol. The molecule has 3 aliphatic rings. The predicted octanol–water partition coefficient (Wildman–Crippen LogP) is 0.486. The Hall–Kier alpha value is -3.46. The molecule has 6 rings (SSSR count). The number of hydrogen-bond donors (Lipinski definition) is 1. The molecule has 0 radical (unpaired) electrons. The number of aryl methyl sites for hydroxylation is 1. The number of likely N-dealkylation sites (tertiary alicyclic amines) is 1. The van der Waals surface area contributed by atoms with Gasteiger partial charge in [0.1, 0.15) is 5.60 Å². The van der Waals surface area contributed by atoms with Crippen LogP contribution < -0.4 is 11.0 Å². The Labute approximate surface area is 183 Å². The quantitative estimate of drug-likeness (QED) is 0.604. The maximum absolute atomic E-state index is 13.0. The fourth-order valence-corrected chi connectivity index (χ4v) is 5.53. The topological polar surface area (TPSA) is 97.9 Å². The van der Waals surface area contributed by atoms with Crippen molar-refractivity contribution in [3.63, 3.8) is 0 Å². The first-order valence-electron chi connectivity index (χ1n) is 10.8. The van der Waals surface area contributed by atoms with E-state index in [9.17, 15) is 14.4 Å². The zero-order valence-electron chi connectivity index (χ0n) is 17.8. The third-order valence-electron chi connectivity index (χ3n) is 6.96. The van der Waals surface area contributed by atoms with Gasteiger partial charge in [0, 0.05) is 13.6 Å². The van der Waals surface area contributed by atoms with Crippen molar-refractivity contribution in [2.24, 2.45) is 11.8 Å². The summed E-state index contributed by atoms with van der Waals surface area (Å²) < 4.78 is 9.02. The van der Waals surface area contributed by atoms with Crippen molar-refractivity contribution in [2.45, 2.75) is 25.2 Å². The van der Waals surface area contributed by atoms with Crippen molar-refractivity contribution >= 4 is 28.4 Å². The Morgan fingerprint density at radius 2 is 2.12 bits per heavy atom. The molecule has 1 spiro atoms. The predicted molar refractivity (Wildman–Crippen MR) is 116 cm³/mol. The molecule has 5 heterocycles. The molecule has 0 saturated carbocycles. The lowest BCUT2D eigenvalue weighted by molar-refractivity contribution is -0.136. The van der Waals surface area contributed by atoms with Gasteiger partial charge >= 0.3 is 5.69 Å². The van der Waals surface area contributed by atoms with Crippen LogP contribution in [0.15, 0.2) is 47.3 Å². The molecular formula is C23H23N5O4. The van der Waals surface area contributed by atoms with Crippen LogP contribution in [0.1, 0.15) is 5.56 Å². The van der Waals surface area contributed by atoms with Gasteiger partial charge in [-0.1, -0.05) is 30.4 Å². The molecule has 9 nitrogen and oxygen atoms in total. The number of nitrogens with zero attached hydrogens (tertiary/aromatic N) is 4. The molecule has 9 heteroatoms. The Bertz CT molecular complexity index is 1390. The van der Waals surface area contributed by atoms with Crippen molar-refractivity contribution in [1.82, 2.24) is 24.4 Å². The number of hydrogen-bond acceptors (Lipinski definition) is 5. The summed E-state index contributed by atoms with van der Waals surface area (Å²) in [4.78, 5) is 40.3. The summed E-state index contributed by atoms with van der Waals surface area (Å²) >= 11 is 0. The van der Waals surface area contributed by atoms with Crippen LogP contribution in [0.4, 0.5) is 0 Å². The highest BCUT2D eigenvalue weighted by atomic mass is 16.5. The molecule has 164 valence electrons. The van der Waals surface area contributed by atoms with Crippen LogP contribution in [-0.4, -0.2) is 62.7 Å². The Morgan fingerprint density at radius 3 is 2.97 bits per heavy atom. The average Bonchev–Trinajstić information content (AvgIpc) is 3.48. The van der Waals surface area contributed by atoms with Crippen molar-refractivity contribution in [3.05, 3.63) is 58.5 Å². The van der Waals surface area contributed by atoms with Crippen molar-refractivity contribution in [1.29, 1.82) is 0 Å². The standard InChI is InChI=1S/C23H23N5O4/c1-13-11-14-5-3-4-6-15(14)28-19(13)25-27(22(28)31)10-9-24-20(29)17-16-7-8-23(32-16)12-26(2)21(30)18(17)23/h3-8,11,16-18H,9-10,12H2,1-2H3,(H,24,29)/t16-,17-,18-,23+/m1/s1. The molecule has 2 saturated heterocycles. The molecule has 2 bridgehead atoms. The van der Waals surface area contributed by atoms with Crippen LogP contribution in [0.25, 0.3) is 16.6 Å². The molecular weight excluding hydrogens is 410 g/mol. The highest BCUT2D eigenvalue weighted by molar-refractivity contribution is 5.92. The first-order chi connectivity index (χ1) is 15.4. The Balaban J connectivity index is 1.22. The summed E-state index contributed by atoms with van der Waals surface area (Å²) in [7, 11) is 1.73. The van der Waals surface area contributed by atoms with E-state index in [4.69, 9.17) is 4.74 Å². The van der Waals surface area contributed by atoms with Gasteiger partial charge in [0.15, 0.2) is 5.65 Å². The Morgan fingerprint density at radius 1 is 1.31 bits per heavy atom. The van der Waals surface area contributed by atoms with Crippen LogP contribution in [0.3, 0.4) is 0 Å². The van der Waals surface area contributed by atoms with Gasteiger partial charge in [-0.25, -0.2) is 13.9 Å². The zero-order valence-corrected chi connectivity index (χ0v) is 17.8. The monoisotopic (exact) mass is 433 g/mol. The third kappa shape index (κ3) is 2.48. The first-order valence-corrected chi connectivity index (χ1v) is 10.8. The number of likely N-dealkylation sites (N-methyl/N-ethyl adjacent to an activating group) is 1. The number of rotatable bonds is 4. The van der Waals surface area contributed by atoms with E-state index >= 15 is 0 Å². The van der Waals surface area contributed by atoms with Gasteiger partial charge in [0.25, 0.3) is 0 Å². The summed E-state index contributed by atoms with van der Waals surface area (Å²) in [5.74, 6) is -1.33. The molecule has 32 heavy (non-hydrogen) atoms. The van der Waals surface area contributed by atoms with Gasteiger partial charge in [0.05, 0.1) is 36.5 Å². The van der Waals surface area contributed by atoms with Crippen molar-refractivity contribution in [3.8, 4) is 0 Å². The Kier molecular flexibility index (Phi) is 3.92. The maximum atomic E-state index is 13.0. The number of para-hydroxylation sites is 1. The number of aromatic nitrogens is 3. The van der Waals surface area contributed by atoms with Gasteiger partial charge in [-0.3, -0.25) is 9.59 Å². The van der Waals surface area contributed by atoms with Gasteiger partial charge < -0.3 is 15.0 Å². The lowest BCUT2D eigenvalue weighted by Gasteiger charge is -2.23. The van der Waals surface area contributed by atoms with E-state index in [2.05, 4.69) is 10.4 Å². The summed E-state index contributed by atoms with van der Waals surface area (Å²) in [6, 6.07) is 9.69. The first kappa shape index (κ1) is 19.2. The van der Waals surface area contributed by atoms with Gasteiger partial charge in [-0.2, -0.15) is 0 Å². The summed E-state index contributed by atoms with van der Waals surface area (Å²) in [5.41, 5.74) is 1.38. The highest BCUT2D eigenvalue weighted by Gasteiger charge is 2.66. The minimum atomic E-state index is -0.685. The van der Waals surface area contributed by atoms with Crippen molar-refractivity contribution < 1.29 is 14.3 Å². The van der Waals surface area contributed by atoms with Crippen LogP contribution in [0.5, 0.6) is 0 Å². The second kappa shape index (κ2) is 6.52. The van der Waals surface area contributed by atoms with E-state index in [1.165, 1.54) is 4.68 Å². The molecule has 2 aromatic heterocycles. The summed E-state index contributed by atoms with van der Waals surface area (Å²) in [6.07, 6.45) is 3.42. The molecule has 3 aromatic rings. The van der Waals surface area contributed by atoms with Gasteiger partial charge in [0.2, 0.25) is 11.8 Å². The SMILES string of the molecule is Cc1cc2ccccc2n2c(=O)n(CCNC(=O)[C@@H]3[C@H]4C=C[C@@]5(CN(C)C(=O)[C@@H]35)O4)nc12. The zero-order chi connectivity index (χ0) is 22.2. The normalized spacial score (nSPS) is 28.2. The smallest absolute Gasteiger partial charge is 0.350 e. The van der Waals surface area contributed by atoms with E-state index in [1.54, 1.807) is 16.3 Å². The van der Waals surface area contributed by atoms with Crippen LogP contribution in [-0.2, 0) is 20.9 Å². The van der Waals surface area contributed by atoms with Gasteiger partial charge in [-0.15, -0.1) is 5.10 Å². The molecule has 0 unspecified atom stereocenters. The molecule has 2 amide bonds. The lowest BCUT2D eigenvalue weighted by atomic mass is 9.77. The second-order valence-electron chi connectivity index (χ2n) is 8.94. The maximum Gasteiger partial charge on any atom is 0.350 e. The van der Waals surface area contributed by atoms with Crippen LogP contribution >= 0.6 is 0 Å². The molecule has 0 aliphatic carbocycles. The fourth-order valence-electron chi connectivity index (χ4n) is 5.53. The minimum Gasteiger partial charge on any atom is -0.360 e. The highest BCUT2D eigenvalue weighted by Crippen LogP contribution is 2.51. The third-order valence-corrected chi connectivity index (χ3v) is 6.96. The number of carbonyl (C=O) groups is 2. The second-order valence-corrected chi connectivity index (χ2v) is 8.94. The number of amides is 2. The molecule has 3 aliphatic heterocycles. The van der Waals surface area contributed by atoms with E-state index in [-0.39, 0.29) is 36.7 Å². The molecule has 4 atom stereocenters. The number of nitrogens with one attached hydrogen (secondary N) is 1. The van der Waals surface area contributed by atoms with E-state index in [0.717, 1.165) is 16.5 Å². The van der Waals surface area contributed by atoms with E-state index in [0.29, 0.717) is 12.2 Å². The van der Waals surface area contributed by atoms with Crippen molar-refractivity contribution in [2.75, 3.05) is 20.1 Å². The van der Waals surface area contributed by atoms with Crippen LogP contribution in [0, 0.1) is 18.8 Å². The number of benzene rings is 1. The molecule has 1 N–H and O–H groups in total. The van der Waals surface area contributed by atoms with E-state index in [1.807, 2.05) is 49.4 Å². The minimum absolute atomic E-state index is 0.0593. The fraction of sp³-hybridized carbons (Fsp3) is 0.391. The van der Waals surface area contributed by atoms with Crippen LogP contribution in [0.2, 0.25) is 0 Å².